The summed E-state index contributed by atoms with van der Waals surface area (Å²) < 4.78 is 6.95. The number of halogens is 1. The average Bonchev–Trinajstić information content (AvgIpc) is 3.62. The van der Waals surface area contributed by atoms with Crippen LogP contribution in [0.4, 0.5) is 5.69 Å². The van der Waals surface area contributed by atoms with Crippen LogP contribution in [0.2, 0.25) is 5.02 Å². The molecule has 0 aliphatic heterocycles. The molecule has 5 aromatic rings. The number of carbonyl (C=O) groups excluding carboxylic acids is 2. The molecule has 0 aliphatic carbocycles. The number of amides is 1. The zero-order valence-electron chi connectivity index (χ0n) is 20.1. The topological polar surface area (TPSA) is 77.1 Å². The van der Waals surface area contributed by atoms with Gasteiger partial charge in [0, 0.05) is 39.7 Å². The molecule has 0 unspecified atom stereocenters. The number of benzene rings is 3. The summed E-state index contributed by atoms with van der Waals surface area (Å²) >= 11 is 6.07. The molecule has 0 aliphatic rings. The highest BCUT2D eigenvalue weighted by Gasteiger charge is 2.12. The minimum absolute atomic E-state index is 0.171. The molecule has 0 saturated carbocycles. The summed E-state index contributed by atoms with van der Waals surface area (Å²) in [5, 5.41) is 8.16. The van der Waals surface area contributed by atoms with Crippen molar-refractivity contribution >= 4 is 41.1 Å². The van der Waals surface area contributed by atoms with Gasteiger partial charge in [0.25, 0.3) is 0 Å². The van der Waals surface area contributed by atoms with Crippen molar-refractivity contribution in [1.29, 1.82) is 0 Å². The van der Waals surface area contributed by atoms with Crippen LogP contribution in [0.5, 0.6) is 0 Å². The summed E-state index contributed by atoms with van der Waals surface area (Å²) in [6.07, 6.45) is 9.66. The molecule has 0 saturated heterocycles. The Morgan fingerprint density at radius 1 is 0.842 bits per heavy atom. The second-order valence-electron chi connectivity index (χ2n) is 8.33. The summed E-state index contributed by atoms with van der Waals surface area (Å²) in [6, 6.07) is 27.4. The fourth-order valence-electron chi connectivity index (χ4n) is 3.76. The highest BCUT2D eigenvalue weighted by Crippen LogP contribution is 2.26. The van der Waals surface area contributed by atoms with Crippen molar-refractivity contribution in [2.75, 3.05) is 5.32 Å². The smallest absolute Gasteiger partial charge is 0.248 e. The number of aromatic nitrogens is 2. The maximum Gasteiger partial charge on any atom is 0.248 e. The minimum atomic E-state index is -0.300. The van der Waals surface area contributed by atoms with Gasteiger partial charge in [-0.25, -0.2) is 4.68 Å². The SMILES string of the molecule is O=C(/C=C/c1ccco1)Nc1ccc(C(=O)/C=C/c2cn(-c3ccccc3)nc2-c2ccc(Cl)cc2)cc1. The Hall–Kier alpha value is -4.94. The number of hydrogen-bond acceptors (Lipinski definition) is 4. The lowest BCUT2D eigenvalue weighted by atomic mass is 10.1. The van der Waals surface area contributed by atoms with Gasteiger partial charge in [0.15, 0.2) is 5.78 Å². The van der Waals surface area contributed by atoms with Gasteiger partial charge in [-0.15, -0.1) is 0 Å². The first kappa shape index (κ1) is 24.7. The van der Waals surface area contributed by atoms with Gasteiger partial charge in [0.2, 0.25) is 5.91 Å². The molecule has 0 atom stereocenters. The standard InChI is InChI=1S/C31H22ClN3O3/c32-25-13-8-23(9-14-25)31-24(21-35(34-31)27-5-2-1-3-6-27)12-18-29(36)22-10-15-26(16-11-22)33-30(37)19-17-28-7-4-20-38-28/h1-21H,(H,33,37)/b18-12+,19-17+. The van der Waals surface area contributed by atoms with Crippen LogP contribution < -0.4 is 5.32 Å². The zero-order chi connectivity index (χ0) is 26.3. The molecule has 1 amide bonds. The predicted octanol–water partition coefficient (Wildman–Crippen LogP) is 7.33. The first-order valence-electron chi connectivity index (χ1n) is 11.8. The Labute approximate surface area is 224 Å². The Morgan fingerprint density at radius 3 is 2.32 bits per heavy atom. The Kier molecular flexibility index (Phi) is 7.43. The fraction of sp³-hybridized carbons (Fsp3) is 0. The fourth-order valence-corrected chi connectivity index (χ4v) is 3.89. The monoisotopic (exact) mass is 519 g/mol. The molecule has 6 nitrogen and oxygen atoms in total. The second kappa shape index (κ2) is 11.4. The van der Waals surface area contributed by atoms with E-state index in [0.717, 1.165) is 22.5 Å². The summed E-state index contributed by atoms with van der Waals surface area (Å²) in [4.78, 5) is 25.0. The number of rotatable bonds is 8. The normalized spacial score (nSPS) is 11.3. The maximum atomic E-state index is 12.9. The lowest BCUT2D eigenvalue weighted by molar-refractivity contribution is -0.111. The predicted molar refractivity (Wildman–Crippen MR) is 150 cm³/mol. The zero-order valence-corrected chi connectivity index (χ0v) is 20.9. The number of anilines is 1. The van der Waals surface area contributed by atoms with E-state index in [1.165, 1.54) is 18.4 Å². The molecule has 2 heterocycles. The van der Waals surface area contributed by atoms with E-state index in [4.69, 9.17) is 21.1 Å². The van der Waals surface area contributed by atoms with Crippen molar-refractivity contribution in [2.24, 2.45) is 0 Å². The number of nitrogens with one attached hydrogen (secondary N) is 1. The van der Waals surface area contributed by atoms with Gasteiger partial charge in [-0.2, -0.15) is 5.10 Å². The molecule has 38 heavy (non-hydrogen) atoms. The van der Waals surface area contributed by atoms with Gasteiger partial charge in [-0.05, 0) is 78.9 Å². The third-order valence-corrected chi connectivity index (χ3v) is 5.93. The molecule has 0 spiro atoms. The van der Waals surface area contributed by atoms with Crippen molar-refractivity contribution in [2.45, 2.75) is 0 Å². The quantitative estimate of drug-likeness (QED) is 0.172. The molecule has 186 valence electrons. The van der Waals surface area contributed by atoms with Crippen LogP contribution in [-0.4, -0.2) is 21.5 Å². The van der Waals surface area contributed by atoms with Crippen molar-refractivity contribution in [3.05, 3.63) is 138 Å². The van der Waals surface area contributed by atoms with Crippen LogP contribution in [0.15, 0.2) is 120 Å². The first-order chi connectivity index (χ1) is 18.5. The van der Waals surface area contributed by atoms with Gasteiger partial charge in [0.05, 0.1) is 17.6 Å². The van der Waals surface area contributed by atoms with Crippen molar-refractivity contribution in [1.82, 2.24) is 9.78 Å². The van der Waals surface area contributed by atoms with Crippen LogP contribution in [0, 0.1) is 0 Å². The van der Waals surface area contributed by atoms with E-state index in [1.807, 2.05) is 60.8 Å². The molecule has 0 fully saturated rings. The number of nitrogens with zero attached hydrogens (tertiary/aromatic N) is 2. The maximum absolute atomic E-state index is 12.9. The van der Waals surface area contributed by atoms with Crippen LogP contribution in [0.25, 0.3) is 29.1 Å². The van der Waals surface area contributed by atoms with E-state index in [9.17, 15) is 9.59 Å². The lowest BCUT2D eigenvalue weighted by Gasteiger charge is -2.03. The minimum Gasteiger partial charge on any atom is -0.465 e. The largest absolute Gasteiger partial charge is 0.465 e. The lowest BCUT2D eigenvalue weighted by Crippen LogP contribution is -2.07. The summed E-state index contributed by atoms with van der Waals surface area (Å²) in [7, 11) is 0. The average molecular weight is 520 g/mol. The van der Waals surface area contributed by atoms with Crippen LogP contribution >= 0.6 is 11.6 Å². The third-order valence-electron chi connectivity index (χ3n) is 5.67. The highest BCUT2D eigenvalue weighted by molar-refractivity contribution is 6.30. The Bertz CT molecular complexity index is 1600. The van der Waals surface area contributed by atoms with E-state index in [0.29, 0.717) is 22.0 Å². The molecular formula is C31H22ClN3O3. The molecule has 1 N–H and O–H groups in total. The van der Waals surface area contributed by atoms with E-state index in [2.05, 4.69) is 5.32 Å². The number of allylic oxidation sites excluding steroid dienone is 1. The molecule has 0 radical (unpaired) electrons. The molecule has 7 heteroatoms. The molecule has 2 aromatic heterocycles. The van der Waals surface area contributed by atoms with E-state index >= 15 is 0 Å². The summed E-state index contributed by atoms with van der Waals surface area (Å²) in [6.45, 7) is 0. The number of ketones is 1. The van der Waals surface area contributed by atoms with Gasteiger partial charge < -0.3 is 9.73 Å². The number of furan rings is 1. The van der Waals surface area contributed by atoms with E-state index in [-0.39, 0.29) is 11.7 Å². The Balaban J connectivity index is 1.32. The van der Waals surface area contributed by atoms with E-state index in [1.54, 1.807) is 53.2 Å². The van der Waals surface area contributed by atoms with Crippen LogP contribution in [-0.2, 0) is 4.79 Å². The molecule has 3 aromatic carbocycles. The molecular weight excluding hydrogens is 498 g/mol. The Morgan fingerprint density at radius 2 is 1.61 bits per heavy atom. The van der Waals surface area contributed by atoms with Gasteiger partial charge in [-0.1, -0.05) is 41.9 Å². The van der Waals surface area contributed by atoms with Gasteiger partial charge >= 0.3 is 0 Å². The third kappa shape index (κ3) is 6.06. The van der Waals surface area contributed by atoms with Crippen molar-refractivity contribution < 1.29 is 14.0 Å². The summed E-state index contributed by atoms with van der Waals surface area (Å²) in [5.41, 5.74) is 4.39. The van der Waals surface area contributed by atoms with Crippen LogP contribution in [0.3, 0.4) is 0 Å². The number of hydrogen-bond donors (Lipinski definition) is 1. The first-order valence-corrected chi connectivity index (χ1v) is 12.2. The summed E-state index contributed by atoms with van der Waals surface area (Å²) in [5.74, 6) is 0.113. The number of para-hydroxylation sites is 1. The number of carbonyl (C=O) groups is 2. The van der Waals surface area contributed by atoms with Crippen molar-refractivity contribution in [3.63, 3.8) is 0 Å². The van der Waals surface area contributed by atoms with Gasteiger partial charge in [-0.3, -0.25) is 9.59 Å². The van der Waals surface area contributed by atoms with Crippen molar-refractivity contribution in [3.8, 4) is 16.9 Å². The van der Waals surface area contributed by atoms with E-state index < -0.39 is 0 Å². The van der Waals surface area contributed by atoms with Crippen LogP contribution in [0.1, 0.15) is 21.7 Å². The molecule has 5 rings (SSSR count). The second-order valence-corrected chi connectivity index (χ2v) is 8.77. The van der Waals surface area contributed by atoms with Gasteiger partial charge in [0.1, 0.15) is 5.76 Å². The highest BCUT2D eigenvalue weighted by atomic mass is 35.5. The molecule has 0 bridgehead atoms.